The zero-order valence-electron chi connectivity index (χ0n) is 17.9. The molecule has 7 atom stereocenters. The Morgan fingerprint density at radius 1 is 1.29 bits per heavy atom. The molecule has 1 aromatic rings. The Morgan fingerprint density at radius 2 is 2.03 bits per heavy atom. The summed E-state index contributed by atoms with van der Waals surface area (Å²) >= 11 is 0. The largest absolute Gasteiger partial charge is 0.748 e. The fourth-order valence-electron chi connectivity index (χ4n) is 8.14. The van der Waals surface area contributed by atoms with Crippen molar-refractivity contribution in [2.45, 2.75) is 42.9 Å². The van der Waals surface area contributed by atoms with Gasteiger partial charge in [0, 0.05) is 30.7 Å². The van der Waals surface area contributed by atoms with Gasteiger partial charge in [0.05, 0.1) is 54.3 Å². The second-order valence-electron chi connectivity index (χ2n) is 10.4. The molecule has 7 unspecified atom stereocenters. The first-order valence-electron chi connectivity index (χ1n) is 11.1. The van der Waals surface area contributed by atoms with E-state index in [0.717, 1.165) is 4.48 Å². The third kappa shape index (κ3) is 2.56. The van der Waals surface area contributed by atoms with Crippen molar-refractivity contribution in [3.8, 4) is 0 Å². The van der Waals surface area contributed by atoms with Crippen molar-refractivity contribution in [1.29, 1.82) is 0 Å². The molecule has 0 radical (unpaired) electrons. The number of nitrogens with zero attached hydrogens (tertiary/aromatic N) is 2. The van der Waals surface area contributed by atoms with E-state index in [2.05, 4.69) is 42.3 Å². The summed E-state index contributed by atoms with van der Waals surface area (Å²) < 4.78 is 34.7. The molecule has 0 aromatic heterocycles. The van der Waals surface area contributed by atoms with Crippen LogP contribution in [0.4, 0.5) is 5.69 Å². The van der Waals surface area contributed by atoms with Gasteiger partial charge in [0.25, 0.3) is 0 Å². The van der Waals surface area contributed by atoms with Crippen LogP contribution in [0.5, 0.6) is 0 Å². The standard InChI is InChI=1S/C22H25N2O2.CH4O3S/c1-24-8-7-22-15-4-2-3-5-16(15)23-19(25)11-17-20(21(22)23)14(10-18(22)24)13(12-24)6-9-26-17;1-5(2,3)4/h2-6,14,17-18,20-21H,7-12H2,1H3;1H3,(H,2,3,4)/q+1;/p-1. The topological polar surface area (TPSA) is 86.7 Å². The van der Waals surface area contributed by atoms with E-state index >= 15 is 0 Å². The number of quaternary nitrogens is 1. The van der Waals surface area contributed by atoms with Crippen LogP contribution in [0.3, 0.4) is 0 Å². The molecule has 5 aliphatic heterocycles. The normalized spacial score (nSPS) is 43.5. The number of anilines is 1. The molecule has 8 heteroatoms. The monoisotopic (exact) mass is 444 g/mol. The van der Waals surface area contributed by atoms with Gasteiger partial charge in [-0.3, -0.25) is 4.79 Å². The zero-order valence-corrected chi connectivity index (χ0v) is 18.7. The van der Waals surface area contributed by atoms with Gasteiger partial charge in [0.1, 0.15) is 12.6 Å². The van der Waals surface area contributed by atoms with Gasteiger partial charge in [-0.25, -0.2) is 8.42 Å². The molecule has 3 saturated heterocycles. The maximum Gasteiger partial charge on any atom is 0.229 e. The molecule has 1 amide bonds. The van der Waals surface area contributed by atoms with E-state index in [0.29, 0.717) is 43.2 Å². The minimum Gasteiger partial charge on any atom is -0.748 e. The van der Waals surface area contributed by atoms with Gasteiger partial charge in [-0.2, -0.15) is 0 Å². The van der Waals surface area contributed by atoms with E-state index in [9.17, 15) is 4.79 Å². The number of fused-ring (bicyclic) bond motifs is 2. The quantitative estimate of drug-likeness (QED) is 0.343. The highest BCUT2D eigenvalue weighted by atomic mass is 32.2. The number of hydrogen-bond donors (Lipinski definition) is 0. The molecule has 1 aromatic carbocycles. The van der Waals surface area contributed by atoms with Crippen LogP contribution in [-0.4, -0.2) is 74.5 Å². The first-order valence-corrected chi connectivity index (χ1v) is 12.9. The van der Waals surface area contributed by atoms with E-state index in [1.165, 1.54) is 37.2 Å². The van der Waals surface area contributed by atoms with Gasteiger partial charge < -0.3 is 18.7 Å². The van der Waals surface area contributed by atoms with Crippen LogP contribution in [0, 0.1) is 11.8 Å². The minimum absolute atomic E-state index is 0.104. The number of hydrogen-bond acceptors (Lipinski definition) is 5. The highest BCUT2D eigenvalue weighted by molar-refractivity contribution is 7.84. The number of carbonyl (C=O) groups is 1. The number of rotatable bonds is 0. The van der Waals surface area contributed by atoms with Gasteiger partial charge in [-0.05, 0) is 23.1 Å². The summed E-state index contributed by atoms with van der Waals surface area (Å²) in [6.45, 7) is 3.12. The second-order valence-corrected chi connectivity index (χ2v) is 11.8. The predicted octanol–water partition coefficient (Wildman–Crippen LogP) is 1.40. The molecule has 7 nitrogen and oxygen atoms in total. The van der Waals surface area contributed by atoms with Crippen molar-refractivity contribution in [1.82, 2.24) is 0 Å². The molecule has 1 spiro atoms. The third-order valence-corrected chi connectivity index (χ3v) is 8.91. The lowest BCUT2D eigenvalue weighted by atomic mass is 9.53. The summed E-state index contributed by atoms with van der Waals surface area (Å²) in [6, 6.07) is 9.76. The van der Waals surface area contributed by atoms with Crippen LogP contribution < -0.4 is 4.90 Å². The zero-order chi connectivity index (χ0) is 21.8. The lowest BCUT2D eigenvalue weighted by Gasteiger charge is -2.59. The minimum atomic E-state index is -3.92. The molecule has 5 heterocycles. The van der Waals surface area contributed by atoms with Crippen LogP contribution in [0.25, 0.3) is 0 Å². The van der Waals surface area contributed by atoms with Crippen LogP contribution >= 0.6 is 0 Å². The van der Waals surface area contributed by atoms with Crippen molar-refractivity contribution in [2.24, 2.45) is 11.8 Å². The lowest BCUT2D eigenvalue weighted by Crippen LogP contribution is -2.72. The Labute approximate surface area is 183 Å². The van der Waals surface area contributed by atoms with E-state index in [1.54, 1.807) is 5.57 Å². The van der Waals surface area contributed by atoms with Crippen molar-refractivity contribution >= 4 is 21.7 Å². The molecule has 0 N–H and O–H groups in total. The number of piperidine rings is 2. The van der Waals surface area contributed by atoms with Crippen LogP contribution in [-0.2, 0) is 25.1 Å². The molecular weight excluding hydrogens is 416 g/mol. The molecule has 166 valence electrons. The number of amides is 1. The fourth-order valence-corrected chi connectivity index (χ4v) is 8.14. The molecule has 7 rings (SSSR count). The Morgan fingerprint density at radius 3 is 2.81 bits per heavy atom. The Hall–Kier alpha value is -1.74. The summed E-state index contributed by atoms with van der Waals surface area (Å²) in [5.74, 6) is 1.36. The van der Waals surface area contributed by atoms with Crippen LogP contribution in [0.2, 0.25) is 0 Å². The predicted molar refractivity (Wildman–Crippen MR) is 113 cm³/mol. The van der Waals surface area contributed by atoms with Gasteiger partial charge in [0.2, 0.25) is 5.91 Å². The fraction of sp³-hybridized carbons (Fsp3) is 0.609. The molecule has 1 aliphatic carbocycles. The van der Waals surface area contributed by atoms with Crippen LogP contribution in [0.15, 0.2) is 35.9 Å². The number of likely N-dealkylation sites (N-methyl/N-ethyl adjacent to an activating group) is 1. The molecular formula is C23H28N2O5S. The molecule has 1 saturated carbocycles. The summed E-state index contributed by atoms with van der Waals surface area (Å²) in [5.41, 5.74) is 4.43. The van der Waals surface area contributed by atoms with E-state index in [-0.39, 0.29) is 17.4 Å². The molecule has 4 fully saturated rings. The lowest BCUT2D eigenvalue weighted by molar-refractivity contribution is -0.925. The SMILES string of the molecule is CS(=O)(=O)[O-].C[N+]12CCC34c5ccccc5N5C(=O)CC6OCC=C(C1)C(CC32)C6C54. The van der Waals surface area contributed by atoms with E-state index in [4.69, 9.17) is 17.7 Å². The summed E-state index contributed by atoms with van der Waals surface area (Å²) in [7, 11) is -1.45. The average molecular weight is 445 g/mol. The highest BCUT2D eigenvalue weighted by Gasteiger charge is 2.75. The van der Waals surface area contributed by atoms with Gasteiger partial charge in [0.15, 0.2) is 0 Å². The second kappa shape index (κ2) is 6.19. The molecule has 2 bridgehead atoms. The van der Waals surface area contributed by atoms with Gasteiger partial charge in [-0.15, -0.1) is 0 Å². The maximum absolute atomic E-state index is 13.3. The highest BCUT2D eigenvalue weighted by Crippen LogP contribution is 2.67. The number of benzene rings is 1. The van der Waals surface area contributed by atoms with Crippen molar-refractivity contribution in [3.05, 3.63) is 41.5 Å². The van der Waals surface area contributed by atoms with Gasteiger partial charge >= 0.3 is 0 Å². The van der Waals surface area contributed by atoms with Crippen molar-refractivity contribution in [2.75, 3.05) is 37.9 Å². The first kappa shape index (κ1) is 19.9. The summed E-state index contributed by atoms with van der Waals surface area (Å²) in [5, 5.41) is 0. The van der Waals surface area contributed by atoms with Crippen molar-refractivity contribution < 1.29 is 27.0 Å². The van der Waals surface area contributed by atoms with E-state index < -0.39 is 10.1 Å². The number of ether oxygens (including phenoxy) is 1. The number of para-hydroxylation sites is 1. The van der Waals surface area contributed by atoms with E-state index in [1.807, 2.05) is 0 Å². The van der Waals surface area contributed by atoms with Gasteiger partial charge in [-0.1, -0.05) is 24.3 Å². The molecule has 6 aliphatic rings. The Balaban J connectivity index is 0.000000337. The number of carbonyl (C=O) groups excluding carboxylic acids is 1. The maximum atomic E-state index is 13.3. The first-order chi connectivity index (χ1) is 14.6. The summed E-state index contributed by atoms with van der Waals surface area (Å²) in [4.78, 5) is 15.5. The average Bonchev–Trinajstić information content (AvgIpc) is 3.10. The Kier molecular flexibility index (Phi) is 3.97. The smallest absolute Gasteiger partial charge is 0.229 e. The molecule has 31 heavy (non-hydrogen) atoms. The third-order valence-electron chi connectivity index (χ3n) is 8.91. The van der Waals surface area contributed by atoms with Crippen molar-refractivity contribution in [3.63, 3.8) is 0 Å². The van der Waals surface area contributed by atoms with Crippen LogP contribution in [0.1, 0.15) is 24.8 Å². The summed E-state index contributed by atoms with van der Waals surface area (Å²) in [6.07, 6.45) is 6.12. The Bertz CT molecular complexity index is 1110.